The Bertz CT molecular complexity index is 735. The summed E-state index contributed by atoms with van der Waals surface area (Å²) in [5.74, 6) is -0.0451. The molecule has 2 aromatic heterocycles. The van der Waals surface area contributed by atoms with Crippen LogP contribution in [-0.2, 0) is 0 Å². The van der Waals surface area contributed by atoms with Gasteiger partial charge < -0.3 is 5.73 Å². The number of nitrogens with two attached hydrogens (primary N) is 1. The fraction of sp³-hybridized carbons (Fsp3) is 0. The molecule has 1 aromatic carbocycles. The van der Waals surface area contributed by atoms with E-state index in [9.17, 15) is 4.39 Å². The van der Waals surface area contributed by atoms with Gasteiger partial charge in [0.2, 0.25) is 0 Å². The van der Waals surface area contributed by atoms with Crippen LogP contribution in [0, 0.1) is 5.82 Å². The Hall–Kier alpha value is -2.21. The maximum atomic E-state index is 14.1. The molecule has 0 spiro atoms. The summed E-state index contributed by atoms with van der Waals surface area (Å²) in [5.41, 5.74) is 8.25. The zero-order valence-corrected chi connectivity index (χ0v) is 11.9. The summed E-state index contributed by atoms with van der Waals surface area (Å²) in [6.45, 7) is 0. The molecular weight excluding hydrogens is 323 g/mol. The Kier molecular flexibility index (Phi) is 3.23. The summed E-state index contributed by atoms with van der Waals surface area (Å²) in [5, 5.41) is 6.79. The van der Waals surface area contributed by atoms with Crippen molar-refractivity contribution in [1.82, 2.24) is 15.2 Å². The maximum Gasteiger partial charge on any atom is 0.153 e. The number of nitrogen functional groups attached to an aromatic ring is 1. The van der Waals surface area contributed by atoms with E-state index in [1.807, 2.05) is 6.07 Å². The van der Waals surface area contributed by atoms with Crippen molar-refractivity contribution in [2.45, 2.75) is 0 Å². The predicted molar refractivity (Wildman–Crippen MR) is 79.3 cm³/mol. The van der Waals surface area contributed by atoms with E-state index in [4.69, 9.17) is 5.73 Å². The summed E-state index contributed by atoms with van der Waals surface area (Å²) >= 11 is 3.36. The van der Waals surface area contributed by atoms with E-state index < -0.39 is 0 Å². The highest BCUT2D eigenvalue weighted by Gasteiger charge is 2.19. The minimum Gasteiger partial charge on any atom is -0.382 e. The van der Waals surface area contributed by atoms with Crippen molar-refractivity contribution < 1.29 is 4.39 Å². The van der Waals surface area contributed by atoms with E-state index in [1.165, 1.54) is 6.07 Å². The van der Waals surface area contributed by atoms with Gasteiger partial charge in [-0.15, -0.1) is 0 Å². The lowest BCUT2D eigenvalue weighted by Gasteiger charge is -2.07. The van der Waals surface area contributed by atoms with Crippen LogP contribution in [0.4, 0.5) is 10.2 Å². The first-order valence-electron chi connectivity index (χ1n) is 5.87. The lowest BCUT2D eigenvalue weighted by molar-refractivity contribution is 0.630. The van der Waals surface area contributed by atoms with Crippen LogP contribution >= 0.6 is 15.9 Å². The third-order valence-electron chi connectivity index (χ3n) is 2.96. The number of rotatable bonds is 2. The van der Waals surface area contributed by atoms with Crippen LogP contribution in [0.3, 0.4) is 0 Å². The summed E-state index contributed by atoms with van der Waals surface area (Å²) in [4.78, 5) is 4.06. The van der Waals surface area contributed by atoms with Crippen molar-refractivity contribution in [2.75, 3.05) is 5.73 Å². The minimum atomic E-state index is -0.354. The number of anilines is 1. The molecule has 0 aliphatic rings. The zero-order chi connectivity index (χ0) is 14.1. The first-order valence-corrected chi connectivity index (χ1v) is 6.66. The second-order valence-corrected chi connectivity index (χ2v) is 5.05. The number of pyridine rings is 1. The number of hydrogen-bond donors (Lipinski definition) is 2. The Morgan fingerprint density at radius 2 is 2.00 bits per heavy atom. The third-order valence-corrected chi connectivity index (χ3v) is 3.62. The Morgan fingerprint density at radius 1 is 1.15 bits per heavy atom. The molecule has 0 unspecified atom stereocenters. The van der Waals surface area contributed by atoms with E-state index in [-0.39, 0.29) is 5.82 Å². The van der Waals surface area contributed by atoms with Gasteiger partial charge in [-0.1, -0.05) is 12.1 Å². The number of hydrogen-bond acceptors (Lipinski definition) is 3. The van der Waals surface area contributed by atoms with E-state index >= 15 is 0 Å². The SMILES string of the molecule is Nc1n[nH]c(-c2c(F)cccc2Br)c1-c1cccnc1. The van der Waals surface area contributed by atoms with Crippen LogP contribution in [0.2, 0.25) is 0 Å². The molecule has 3 N–H and O–H groups in total. The van der Waals surface area contributed by atoms with Gasteiger partial charge in [0.25, 0.3) is 0 Å². The van der Waals surface area contributed by atoms with Gasteiger partial charge in [-0.05, 0) is 34.1 Å². The van der Waals surface area contributed by atoms with E-state index in [0.29, 0.717) is 27.1 Å². The van der Waals surface area contributed by atoms with Gasteiger partial charge in [0.1, 0.15) is 5.82 Å². The van der Waals surface area contributed by atoms with Crippen LogP contribution < -0.4 is 5.73 Å². The molecule has 3 rings (SSSR count). The molecule has 0 radical (unpaired) electrons. The molecule has 20 heavy (non-hydrogen) atoms. The molecule has 0 amide bonds. The van der Waals surface area contributed by atoms with Gasteiger partial charge in [-0.25, -0.2) is 4.39 Å². The van der Waals surface area contributed by atoms with Crippen LogP contribution in [0.25, 0.3) is 22.4 Å². The number of H-pyrrole nitrogens is 1. The average molecular weight is 333 g/mol. The van der Waals surface area contributed by atoms with Crippen LogP contribution in [0.1, 0.15) is 0 Å². The molecule has 0 atom stereocenters. The summed E-state index contributed by atoms with van der Waals surface area (Å²) in [6.07, 6.45) is 3.33. The number of aromatic amines is 1. The molecule has 0 fully saturated rings. The summed E-state index contributed by atoms with van der Waals surface area (Å²) < 4.78 is 14.7. The molecule has 4 nitrogen and oxygen atoms in total. The van der Waals surface area contributed by atoms with Crippen LogP contribution in [-0.4, -0.2) is 15.2 Å². The molecule has 6 heteroatoms. The standard InChI is InChI=1S/C14H10BrFN4/c15-9-4-1-5-10(16)12(9)13-11(14(17)20-19-13)8-3-2-6-18-7-8/h1-7H,(H3,17,19,20). The fourth-order valence-corrected chi connectivity index (χ4v) is 2.62. The second-order valence-electron chi connectivity index (χ2n) is 4.20. The van der Waals surface area contributed by atoms with Gasteiger partial charge in [-0.2, -0.15) is 5.10 Å². The fourth-order valence-electron chi connectivity index (χ4n) is 2.08. The molecule has 0 saturated carbocycles. The van der Waals surface area contributed by atoms with Crippen LogP contribution in [0.5, 0.6) is 0 Å². The van der Waals surface area contributed by atoms with Crippen molar-refractivity contribution in [1.29, 1.82) is 0 Å². The van der Waals surface area contributed by atoms with Crippen molar-refractivity contribution in [3.8, 4) is 22.4 Å². The van der Waals surface area contributed by atoms with Gasteiger partial charge >= 0.3 is 0 Å². The van der Waals surface area contributed by atoms with Gasteiger partial charge in [-0.3, -0.25) is 10.1 Å². The molecule has 100 valence electrons. The Morgan fingerprint density at radius 3 is 2.70 bits per heavy atom. The van der Waals surface area contributed by atoms with Gasteiger partial charge in [0.15, 0.2) is 5.82 Å². The lowest BCUT2D eigenvalue weighted by atomic mass is 10.0. The predicted octanol–water partition coefficient (Wildman–Crippen LogP) is 3.62. The second kappa shape index (κ2) is 5.05. The van der Waals surface area contributed by atoms with E-state index in [2.05, 4.69) is 31.1 Å². The van der Waals surface area contributed by atoms with Crippen molar-refractivity contribution in [2.24, 2.45) is 0 Å². The number of nitrogens with zero attached hydrogens (tertiary/aromatic N) is 2. The number of aromatic nitrogens is 3. The number of benzene rings is 1. The number of nitrogens with one attached hydrogen (secondary N) is 1. The lowest BCUT2D eigenvalue weighted by Crippen LogP contribution is -1.91. The highest BCUT2D eigenvalue weighted by atomic mass is 79.9. The van der Waals surface area contributed by atoms with Gasteiger partial charge in [0, 0.05) is 22.4 Å². The number of halogens is 2. The Labute approximate surface area is 123 Å². The normalized spacial score (nSPS) is 10.7. The third kappa shape index (κ3) is 2.08. The van der Waals surface area contributed by atoms with Crippen molar-refractivity contribution >= 4 is 21.7 Å². The Balaban J connectivity index is 2.27. The highest BCUT2D eigenvalue weighted by Crippen LogP contribution is 2.38. The molecule has 0 saturated heterocycles. The topological polar surface area (TPSA) is 67.6 Å². The zero-order valence-electron chi connectivity index (χ0n) is 10.3. The molecular formula is C14H10BrFN4. The minimum absolute atomic E-state index is 0.308. The molecule has 3 aromatic rings. The monoisotopic (exact) mass is 332 g/mol. The maximum absolute atomic E-state index is 14.1. The van der Waals surface area contributed by atoms with E-state index in [0.717, 1.165) is 5.56 Å². The summed E-state index contributed by atoms with van der Waals surface area (Å²) in [6, 6.07) is 8.44. The smallest absolute Gasteiger partial charge is 0.153 e. The molecule has 0 aliphatic carbocycles. The first kappa shape index (κ1) is 12.8. The first-order chi connectivity index (χ1) is 9.68. The average Bonchev–Trinajstić information content (AvgIpc) is 2.81. The molecule has 0 aliphatic heterocycles. The molecule has 2 heterocycles. The summed E-state index contributed by atoms with van der Waals surface area (Å²) in [7, 11) is 0. The van der Waals surface area contributed by atoms with Crippen molar-refractivity contribution in [3.05, 3.63) is 53.0 Å². The molecule has 0 bridgehead atoms. The van der Waals surface area contributed by atoms with Gasteiger partial charge in [0.05, 0.1) is 16.8 Å². The largest absolute Gasteiger partial charge is 0.382 e. The van der Waals surface area contributed by atoms with E-state index in [1.54, 1.807) is 30.6 Å². The quantitative estimate of drug-likeness (QED) is 0.753. The highest BCUT2D eigenvalue weighted by molar-refractivity contribution is 9.10. The van der Waals surface area contributed by atoms with Crippen molar-refractivity contribution in [3.63, 3.8) is 0 Å². The van der Waals surface area contributed by atoms with Crippen LogP contribution in [0.15, 0.2) is 47.2 Å².